The lowest BCUT2D eigenvalue weighted by molar-refractivity contribution is 0.0685. The largest absolute Gasteiger partial charge is 0.495 e. The van der Waals surface area contributed by atoms with E-state index in [2.05, 4.69) is 18.7 Å². The number of aromatic nitrogens is 1. The zero-order chi connectivity index (χ0) is 18.9. The highest BCUT2D eigenvalue weighted by atomic mass is 16.5. The first-order chi connectivity index (χ1) is 12.3. The predicted octanol–water partition coefficient (Wildman–Crippen LogP) is 2.13. The number of para-hydroxylation sites is 2. The van der Waals surface area contributed by atoms with Crippen LogP contribution in [0.3, 0.4) is 0 Å². The van der Waals surface area contributed by atoms with Gasteiger partial charge in [0.05, 0.1) is 23.9 Å². The number of rotatable bonds is 3. The number of carbonyl (C=O) groups excluding carboxylic acids is 1. The van der Waals surface area contributed by atoms with E-state index in [4.69, 9.17) is 4.74 Å². The molecule has 0 bridgehead atoms. The minimum Gasteiger partial charge on any atom is -0.495 e. The van der Waals surface area contributed by atoms with Crippen LogP contribution in [0, 0.1) is 0 Å². The lowest BCUT2D eigenvalue weighted by Crippen LogP contribution is -2.60. The van der Waals surface area contributed by atoms with Crippen LogP contribution in [-0.2, 0) is 7.05 Å². The molecule has 26 heavy (non-hydrogen) atoms. The van der Waals surface area contributed by atoms with Crippen molar-refractivity contribution in [3.05, 3.63) is 58.5 Å². The third-order valence-corrected chi connectivity index (χ3v) is 4.90. The lowest BCUT2D eigenvalue weighted by Gasteiger charge is -2.48. The summed E-state index contributed by atoms with van der Waals surface area (Å²) in [5, 5.41) is 0. The molecule has 1 amide bonds. The van der Waals surface area contributed by atoms with Gasteiger partial charge in [0.25, 0.3) is 5.91 Å². The van der Waals surface area contributed by atoms with Crippen LogP contribution in [0.5, 0.6) is 5.75 Å². The minimum atomic E-state index is -0.247. The molecule has 0 saturated carbocycles. The van der Waals surface area contributed by atoms with Crippen LogP contribution >= 0.6 is 0 Å². The van der Waals surface area contributed by atoms with Crippen LogP contribution < -0.4 is 15.2 Å². The fourth-order valence-corrected chi connectivity index (χ4v) is 3.53. The first-order valence-electron chi connectivity index (χ1n) is 8.70. The molecule has 1 aliphatic rings. The number of pyridine rings is 1. The molecule has 1 aliphatic heterocycles. The van der Waals surface area contributed by atoms with E-state index in [-0.39, 0.29) is 17.0 Å². The molecule has 0 aliphatic carbocycles. The molecular weight excluding hydrogens is 330 g/mol. The molecule has 2 aromatic rings. The Labute approximate surface area is 153 Å². The Morgan fingerprint density at radius 3 is 2.50 bits per heavy atom. The van der Waals surface area contributed by atoms with Gasteiger partial charge in [-0.3, -0.25) is 9.59 Å². The van der Waals surface area contributed by atoms with Gasteiger partial charge in [0, 0.05) is 38.9 Å². The van der Waals surface area contributed by atoms with Crippen molar-refractivity contribution in [1.82, 2.24) is 9.47 Å². The smallest absolute Gasteiger partial charge is 0.255 e. The second-order valence-electron chi connectivity index (χ2n) is 7.23. The Morgan fingerprint density at radius 2 is 1.85 bits per heavy atom. The summed E-state index contributed by atoms with van der Waals surface area (Å²) in [5.74, 6) is 0.784. The van der Waals surface area contributed by atoms with Crippen molar-refractivity contribution in [2.45, 2.75) is 19.4 Å². The van der Waals surface area contributed by atoms with Gasteiger partial charge in [-0.05, 0) is 32.0 Å². The molecule has 138 valence electrons. The summed E-state index contributed by atoms with van der Waals surface area (Å²) in [6.07, 6.45) is 1.60. The summed E-state index contributed by atoms with van der Waals surface area (Å²) in [6.45, 7) is 6.17. The quantitative estimate of drug-likeness (QED) is 0.846. The first kappa shape index (κ1) is 18.0. The molecule has 0 unspecified atom stereocenters. The number of ether oxygens (including phenoxy) is 1. The highest BCUT2D eigenvalue weighted by Crippen LogP contribution is 2.35. The maximum absolute atomic E-state index is 12.9. The van der Waals surface area contributed by atoms with E-state index in [9.17, 15) is 9.59 Å². The minimum absolute atomic E-state index is 0.0478. The molecule has 0 spiro atoms. The maximum Gasteiger partial charge on any atom is 0.255 e. The molecule has 1 saturated heterocycles. The summed E-state index contributed by atoms with van der Waals surface area (Å²) in [5.41, 5.74) is 1.20. The number of nitrogens with zero attached hydrogens (tertiary/aromatic N) is 3. The van der Waals surface area contributed by atoms with Crippen LogP contribution in [0.1, 0.15) is 24.2 Å². The van der Waals surface area contributed by atoms with Crippen LogP contribution in [0.2, 0.25) is 0 Å². The Bertz CT molecular complexity index is 873. The van der Waals surface area contributed by atoms with Gasteiger partial charge in [-0.25, -0.2) is 0 Å². The summed E-state index contributed by atoms with van der Waals surface area (Å²) < 4.78 is 6.94. The topological polar surface area (TPSA) is 54.8 Å². The molecule has 0 atom stereocenters. The lowest BCUT2D eigenvalue weighted by atomic mass is 9.97. The van der Waals surface area contributed by atoms with E-state index < -0.39 is 0 Å². The Kier molecular flexibility index (Phi) is 4.76. The fraction of sp³-hybridized carbons (Fsp3) is 0.400. The number of carbonyl (C=O) groups is 1. The zero-order valence-corrected chi connectivity index (χ0v) is 15.7. The maximum atomic E-state index is 12.9. The number of hydrogen-bond donors (Lipinski definition) is 0. The summed E-state index contributed by atoms with van der Waals surface area (Å²) in [7, 11) is 3.33. The molecule has 6 heteroatoms. The number of amides is 1. The van der Waals surface area contributed by atoms with Gasteiger partial charge in [-0.1, -0.05) is 12.1 Å². The van der Waals surface area contributed by atoms with Gasteiger partial charge in [0.1, 0.15) is 5.75 Å². The fourth-order valence-electron chi connectivity index (χ4n) is 3.53. The van der Waals surface area contributed by atoms with Crippen LogP contribution in [-0.4, -0.2) is 47.7 Å². The van der Waals surface area contributed by atoms with E-state index in [1.54, 1.807) is 26.4 Å². The number of methoxy groups -OCH3 is 1. The standard InChI is InChI=1S/C20H25N3O3/c1-20(2)14-22(19(25)15-9-10-18(24)21(3)13-15)11-12-23(20)16-7-5-6-8-17(16)26-4/h5-10,13H,11-12,14H2,1-4H3. The van der Waals surface area contributed by atoms with Gasteiger partial charge in [0.2, 0.25) is 5.56 Å². The highest BCUT2D eigenvalue weighted by Gasteiger charge is 2.37. The summed E-state index contributed by atoms with van der Waals surface area (Å²) >= 11 is 0. The number of benzene rings is 1. The molecule has 2 heterocycles. The predicted molar refractivity (Wildman–Crippen MR) is 102 cm³/mol. The Hall–Kier alpha value is -2.76. The van der Waals surface area contributed by atoms with Gasteiger partial charge < -0.3 is 19.1 Å². The molecule has 0 N–H and O–H groups in total. The average Bonchev–Trinajstić information content (AvgIpc) is 2.62. The Balaban J connectivity index is 1.83. The van der Waals surface area contributed by atoms with Crippen molar-refractivity contribution >= 4 is 11.6 Å². The molecule has 0 radical (unpaired) electrons. The van der Waals surface area contributed by atoms with Crippen LogP contribution in [0.4, 0.5) is 5.69 Å². The molecule has 1 fully saturated rings. The van der Waals surface area contributed by atoms with E-state index in [0.29, 0.717) is 25.2 Å². The molecular formula is C20H25N3O3. The zero-order valence-electron chi connectivity index (χ0n) is 15.7. The second-order valence-corrected chi connectivity index (χ2v) is 7.23. The number of hydrogen-bond acceptors (Lipinski definition) is 4. The SMILES string of the molecule is COc1ccccc1N1CCN(C(=O)c2ccc(=O)n(C)c2)CC1(C)C. The normalized spacial score (nSPS) is 16.5. The van der Waals surface area contributed by atoms with Crippen molar-refractivity contribution in [2.24, 2.45) is 7.05 Å². The molecule has 3 rings (SSSR count). The van der Waals surface area contributed by atoms with E-state index in [0.717, 1.165) is 11.4 Å². The number of aryl methyl sites for hydroxylation is 1. The van der Waals surface area contributed by atoms with E-state index in [1.165, 1.54) is 10.6 Å². The highest BCUT2D eigenvalue weighted by molar-refractivity contribution is 5.94. The van der Waals surface area contributed by atoms with Crippen molar-refractivity contribution in [1.29, 1.82) is 0 Å². The van der Waals surface area contributed by atoms with Crippen LogP contribution in [0.25, 0.3) is 0 Å². The first-order valence-corrected chi connectivity index (χ1v) is 8.70. The van der Waals surface area contributed by atoms with Crippen molar-refractivity contribution in [3.8, 4) is 5.75 Å². The number of piperazine rings is 1. The van der Waals surface area contributed by atoms with Gasteiger partial charge >= 0.3 is 0 Å². The van der Waals surface area contributed by atoms with Gasteiger partial charge in [-0.2, -0.15) is 0 Å². The summed E-state index contributed by atoms with van der Waals surface area (Å²) in [4.78, 5) is 28.6. The van der Waals surface area contributed by atoms with Crippen LogP contribution in [0.15, 0.2) is 47.4 Å². The van der Waals surface area contributed by atoms with E-state index in [1.807, 2.05) is 29.2 Å². The third-order valence-electron chi connectivity index (χ3n) is 4.90. The van der Waals surface area contributed by atoms with Gasteiger partial charge in [0.15, 0.2) is 0 Å². The third kappa shape index (κ3) is 3.31. The monoisotopic (exact) mass is 355 g/mol. The summed E-state index contributed by atoms with van der Waals surface area (Å²) in [6, 6.07) is 11.0. The number of anilines is 1. The van der Waals surface area contributed by atoms with Gasteiger partial charge in [-0.15, -0.1) is 0 Å². The second kappa shape index (κ2) is 6.86. The Morgan fingerprint density at radius 1 is 1.12 bits per heavy atom. The average molecular weight is 355 g/mol. The molecule has 6 nitrogen and oxygen atoms in total. The van der Waals surface area contributed by atoms with Crippen molar-refractivity contribution < 1.29 is 9.53 Å². The van der Waals surface area contributed by atoms with Crippen molar-refractivity contribution in [2.75, 3.05) is 31.6 Å². The molecule has 1 aromatic heterocycles. The van der Waals surface area contributed by atoms with E-state index >= 15 is 0 Å². The molecule has 1 aromatic carbocycles. The van der Waals surface area contributed by atoms with Crippen molar-refractivity contribution in [3.63, 3.8) is 0 Å².